The minimum absolute atomic E-state index is 0.0301. The average Bonchev–Trinajstić information content (AvgIpc) is 3.04. The first-order valence-corrected chi connectivity index (χ1v) is 8.45. The third-order valence-electron chi connectivity index (χ3n) is 4.32. The standard InChI is InChI=1S/C19H19F3N2O3/c20-19(21,22)14-4-2-6-16(8-14)27-15-5-1-3-12(7-15)18(26)24-10-13-9-23-11-17(13)25/h1-8,13,17,23,25H,9-11H2,(H,24,26). The van der Waals surface area contributed by atoms with Gasteiger partial charge in [0.1, 0.15) is 11.5 Å². The number of β-amino-alcohol motifs (C(OH)–C–C–N with tert-alkyl or cyclic N) is 1. The summed E-state index contributed by atoms with van der Waals surface area (Å²) in [4.78, 5) is 12.3. The van der Waals surface area contributed by atoms with Crippen molar-refractivity contribution in [2.45, 2.75) is 12.3 Å². The molecule has 2 aromatic rings. The van der Waals surface area contributed by atoms with Gasteiger partial charge in [0, 0.05) is 31.1 Å². The van der Waals surface area contributed by atoms with Crippen LogP contribution >= 0.6 is 0 Å². The number of aliphatic hydroxyl groups excluding tert-OH is 1. The lowest BCUT2D eigenvalue weighted by Crippen LogP contribution is -2.34. The molecule has 0 saturated carbocycles. The Labute approximate surface area is 154 Å². The van der Waals surface area contributed by atoms with Crippen molar-refractivity contribution in [2.24, 2.45) is 5.92 Å². The van der Waals surface area contributed by atoms with Crippen molar-refractivity contribution in [3.05, 3.63) is 59.7 Å². The molecule has 0 aliphatic carbocycles. The predicted octanol–water partition coefficient (Wildman–Crippen LogP) is 2.81. The number of amides is 1. The second-order valence-corrected chi connectivity index (χ2v) is 6.35. The molecule has 3 rings (SSSR count). The van der Waals surface area contributed by atoms with Crippen molar-refractivity contribution in [1.29, 1.82) is 0 Å². The summed E-state index contributed by atoms with van der Waals surface area (Å²) < 4.78 is 43.8. The van der Waals surface area contributed by atoms with E-state index in [-0.39, 0.29) is 23.3 Å². The molecule has 1 heterocycles. The second-order valence-electron chi connectivity index (χ2n) is 6.35. The summed E-state index contributed by atoms with van der Waals surface area (Å²) in [7, 11) is 0. The van der Waals surface area contributed by atoms with Gasteiger partial charge in [-0.05, 0) is 36.4 Å². The van der Waals surface area contributed by atoms with Gasteiger partial charge in [0.2, 0.25) is 0 Å². The molecule has 0 aromatic heterocycles. The Morgan fingerprint density at radius 1 is 1.15 bits per heavy atom. The molecule has 0 spiro atoms. The highest BCUT2D eigenvalue weighted by Gasteiger charge is 2.30. The number of hydrogen-bond donors (Lipinski definition) is 3. The first-order chi connectivity index (χ1) is 12.8. The van der Waals surface area contributed by atoms with E-state index in [2.05, 4.69) is 10.6 Å². The van der Waals surface area contributed by atoms with Crippen LogP contribution in [0.25, 0.3) is 0 Å². The van der Waals surface area contributed by atoms with Crippen LogP contribution in [0.4, 0.5) is 13.2 Å². The maximum Gasteiger partial charge on any atom is 0.416 e. The van der Waals surface area contributed by atoms with Gasteiger partial charge in [-0.15, -0.1) is 0 Å². The summed E-state index contributed by atoms with van der Waals surface area (Å²) in [6.07, 6.45) is -4.96. The van der Waals surface area contributed by atoms with Crippen LogP contribution in [-0.4, -0.2) is 36.8 Å². The van der Waals surface area contributed by atoms with Crippen LogP contribution in [0, 0.1) is 5.92 Å². The molecule has 1 aliphatic heterocycles. The Morgan fingerprint density at radius 2 is 1.85 bits per heavy atom. The Hall–Kier alpha value is -2.58. The number of carbonyl (C=O) groups excluding carboxylic acids is 1. The molecule has 2 aromatic carbocycles. The molecule has 0 radical (unpaired) electrons. The molecule has 1 saturated heterocycles. The molecule has 1 aliphatic rings. The van der Waals surface area contributed by atoms with Crippen LogP contribution in [0.2, 0.25) is 0 Å². The molecule has 1 amide bonds. The Bertz CT molecular complexity index is 811. The topological polar surface area (TPSA) is 70.6 Å². The predicted molar refractivity (Wildman–Crippen MR) is 92.7 cm³/mol. The maximum atomic E-state index is 12.8. The van der Waals surface area contributed by atoms with Crippen molar-refractivity contribution < 1.29 is 27.8 Å². The highest BCUT2D eigenvalue weighted by molar-refractivity contribution is 5.94. The van der Waals surface area contributed by atoms with Crippen LogP contribution in [0.1, 0.15) is 15.9 Å². The van der Waals surface area contributed by atoms with E-state index < -0.39 is 17.8 Å². The molecule has 2 unspecified atom stereocenters. The molecule has 144 valence electrons. The fourth-order valence-electron chi connectivity index (χ4n) is 2.83. The van der Waals surface area contributed by atoms with Crippen molar-refractivity contribution in [1.82, 2.24) is 10.6 Å². The Kier molecular flexibility index (Phi) is 5.67. The zero-order chi connectivity index (χ0) is 19.4. The normalized spacial score (nSPS) is 19.7. The summed E-state index contributed by atoms with van der Waals surface area (Å²) in [5.41, 5.74) is -0.488. The zero-order valence-electron chi connectivity index (χ0n) is 14.3. The van der Waals surface area contributed by atoms with Crippen LogP contribution in [0.5, 0.6) is 11.5 Å². The minimum Gasteiger partial charge on any atom is -0.457 e. The van der Waals surface area contributed by atoms with Crippen molar-refractivity contribution in [3.8, 4) is 11.5 Å². The van der Waals surface area contributed by atoms with Gasteiger partial charge in [0.05, 0.1) is 11.7 Å². The molecule has 0 bridgehead atoms. The second kappa shape index (κ2) is 7.98. The van der Waals surface area contributed by atoms with E-state index >= 15 is 0 Å². The first kappa shape index (κ1) is 19.2. The number of alkyl halides is 3. The van der Waals surface area contributed by atoms with E-state index in [0.29, 0.717) is 25.2 Å². The van der Waals surface area contributed by atoms with Crippen LogP contribution < -0.4 is 15.4 Å². The summed E-state index contributed by atoms with van der Waals surface area (Å²) in [6.45, 7) is 1.45. The lowest BCUT2D eigenvalue weighted by atomic mass is 10.1. The monoisotopic (exact) mass is 380 g/mol. The van der Waals surface area contributed by atoms with Gasteiger partial charge in [0.25, 0.3) is 5.91 Å². The number of benzene rings is 2. The largest absolute Gasteiger partial charge is 0.457 e. The lowest BCUT2D eigenvalue weighted by molar-refractivity contribution is -0.137. The number of hydrogen-bond acceptors (Lipinski definition) is 4. The van der Waals surface area contributed by atoms with Gasteiger partial charge < -0.3 is 20.5 Å². The molecular weight excluding hydrogens is 361 g/mol. The fraction of sp³-hybridized carbons (Fsp3) is 0.316. The number of halogens is 3. The van der Waals surface area contributed by atoms with Crippen molar-refractivity contribution in [2.75, 3.05) is 19.6 Å². The number of aliphatic hydroxyl groups is 1. The smallest absolute Gasteiger partial charge is 0.416 e. The quantitative estimate of drug-likeness (QED) is 0.746. The maximum absolute atomic E-state index is 12.8. The van der Waals surface area contributed by atoms with Gasteiger partial charge in [-0.1, -0.05) is 12.1 Å². The Morgan fingerprint density at radius 3 is 2.52 bits per heavy atom. The van der Waals surface area contributed by atoms with E-state index in [0.717, 1.165) is 12.1 Å². The molecule has 27 heavy (non-hydrogen) atoms. The van der Waals surface area contributed by atoms with Gasteiger partial charge >= 0.3 is 6.18 Å². The van der Waals surface area contributed by atoms with Crippen LogP contribution in [0.15, 0.2) is 48.5 Å². The van der Waals surface area contributed by atoms with Crippen molar-refractivity contribution in [3.63, 3.8) is 0 Å². The summed E-state index contributed by atoms with van der Waals surface area (Å²) >= 11 is 0. The van der Waals surface area contributed by atoms with Crippen LogP contribution in [-0.2, 0) is 6.18 Å². The van der Waals surface area contributed by atoms with Gasteiger partial charge in [0.15, 0.2) is 0 Å². The SMILES string of the molecule is O=C(NCC1CNCC1O)c1cccc(Oc2cccc(C(F)(F)F)c2)c1. The van der Waals surface area contributed by atoms with E-state index in [1.54, 1.807) is 18.2 Å². The average molecular weight is 380 g/mol. The third-order valence-corrected chi connectivity index (χ3v) is 4.32. The van der Waals surface area contributed by atoms with Gasteiger partial charge in [-0.3, -0.25) is 4.79 Å². The number of ether oxygens (including phenoxy) is 1. The number of nitrogens with one attached hydrogen (secondary N) is 2. The van der Waals surface area contributed by atoms with E-state index in [4.69, 9.17) is 4.74 Å². The Balaban J connectivity index is 1.66. The number of rotatable bonds is 5. The van der Waals surface area contributed by atoms with Gasteiger partial charge in [-0.2, -0.15) is 13.2 Å². The molecule has 5 nitrogen and oxygen atoms in total. The molecule has 3 N–H and O–H groups in total. The highest BCUT2D eigenvalue weighted by Crippen LogP contribution is 2.32. The third kappa shape index (κ3) is 4.99. The van der Waals surface area contributed by atoms with E-state index in [9.17, 15) is 23.1 Å². The summed E-state index contributed by atoms with van der Waals surface area (Å²) in [6, 6.07) is 10.7. The molecule has 2 atom stereocenters. The zero-order valence-corrected chi connectivity index (χ0v) is 14.3. The molecule has 1 fully saturated rings. The lowest BCUT2D eigenvalue weighted by Gasteiger charge is -2.14. The summed E-state index contributed by atoms with van der Waals surface area (Å²) in [5, 5.41) is 15.5. The van der Waals surface area contributed by atoms with Crippen molar-refractivity contribution >= 4 is 5.91 Å². The minimum atomic E-state index is -4.46. The highest BCUT2D eigenvalue weighted by atomic mass is 19.4. The van der Waals surface area contributed by atoms with E-state index in [1.165, 1.54) is 18.2 Å². The molecular formula is C19H19F3N2O3. The summed E-state index contributed by atoms with van der Waals surface area (Å²) in [5.74, 6) is -0.117. The van der Waals surface area contributed by atoms with Gasteiger partial charge in [-0.25, -0.2) is 0 Å². The molecule has 8 heteroatoms. The fourth-order valence-corrected chi connectivity index (χ4v) is 2.83. The first-order valence-electron chi connectivity index (χ1n) is 8.45. The van der Waals surface area contributed by atoms with Crippen LogP contribution in [0.3, 0.4) is 0 Å². The van der Waals surface area contributed by atoms with E-state index in [1.807, 2.05) is 0 Å². The number of carbonyl (C=O) groups is 1.